The molecule has 6 heteroatoms. The van der Waals surface area contributed by atoms with Gasteiger partial charge in [0.15, 0.2) is 5.65 Å². The molecule has 3 nitrogen and oxygen atoms in total. The third-order valence-electron chi connectivity index (χ3n) is 5.61. The summed E-state index contributed by atoms with van der Waals surface area (Å²) in [7, 11) is 0. The van der Waals surface area contributed by atoms with Crippen LogP contribution in [0.3, 0.4) is 0 Å². The van der Waals surface area contributed by atoms with Crippen molar-refractivity contribution < 1.29 is 13.2 Å². The first-order valence-corrected chi connectivity index (χ1v) is 10.4. The first-order valence-electron chi connectivity index (χ1n) is 10.4. The van der Waals surface area contributed by atoms with Crippen LogP contribution in [-0.4, -0.2) is 14.8 Å². The van der Waals surface area contributed by atoms with Crippen LogP contribution in [0.15, 0.2) is 72.8 Å². The largest absolute Gasteiger partial charge is 0.264 e. The fourth-order valence-electron chi connectivity index (χ4n) is 4.10. The lowest BCUT2D eigenvalue weighted by Crippen LogP contribution is -2.00. The Balaban J connectivity index is 1.87. The fourth-order valence-corrected chi connectivity index (χ4v) is 4.10. The summed E-state index contributed by atoms with van der Waals surface area (Å²) in [6.07, 6.45) is -2.70. The highest BCUT2D eigenvalue weighted by molar-refractivity contribution is 5.97. The zero-order valence-corrected chi connectivity index (χ0v) is 17.6. The van der Waals surface area contributed by atoms with E-state index in [1.807, 2.05) is 56.3 Å². The van der Waals surface area contributed by atoms with Crippen LogP contribution in [0.1, 0.15) is 37.4 Å². The van der Waals surface area contributed by atoms with Crippen LogP contribution in [0.2, 0.25) is 0 Å². The molecule has 0 N–H and O–H groups in total. The van der Waals surface area contributed by atoms with E-state index < -0.39 is 6.43 Å². The van der Waals surface area contributed by atoms with Crippen molar-refractivity contribution in [2.75, 3.05) is 0 Å². The van der Waals surface area contributed by atoms with Crippen LogP contribution >= 0.6 is 0 Å². The standard InChI is InChI=1S/C26H20F3N3/c1-15(2)24-23-21(25(28)29)14-22(20-9-5-7-16-6-3-4-8-19(16)20)30-26(23)32(31-24)18-12-10-17(27)11-13-18/h3-15,25H,1-2H3. The number of halogens is 3. The maximum Gasteiger partial charge on any atom is 0.264 e. The SMILES string of the molecule is CC(C)c1nn(-c2ccc(F)cc2)c2nc(-c3cccc4ccccc34)cc(C(F)F)c12. The van der Waals surface area contributed by atoms with Crippen LogP contribution in [0.25, 0.3) is 38.8 Å². The normalized spacial score (nSPS) is 11.8. The lowest BCUT2D eigenvalue weighted by atomic mass is 9.98. The molecule has 2 aromatic heterocycles. The van der Waals surface area contributed by atoms with Gasteiger partial charge >= 0.3 is 0 Å². The van der Waals surface area contributed by atoms with E-state index in [0.29, 0.717) is 28.1 Å². The number of fused-ring (bicyclic) bond motifs is 2. The molecule has 0 saturated carbocycles. The van der Waals surface area contributed by atoms with Gasteiger partial charge in [-0.25, -0.2) is 22.8 Å². The Kier molecular flexibility index (Phi) is 4.93. The third-order valence-corrected chi connectivity index (χ3v) is 5.61. The Hall–Kier alpha value is -3.67. The number of aromatic nitrogens is 3. The quantitative estimate of drug-likeness (QED) is 0.296. The summed E-state index contributed by atoms with van der Waals surface area (Å²) < 4.78 is 43.6. The summed E-state index contributed by atoms with van der Waals surface area (Å²) in [5, 5.41) is 6.91. The molecule has 5 rings (SSSR count). The highest BCUT2D eigenvalue weighted by atomic mass is 19.3. The van der Waals surface area contributed by atoms with Crippen molar-refractivity contribution in [3.8, 4) is 16.9 Å². The average molecular weight is 431 g/mol. The Labute approximate surface area is 183 Å². The predicted octanol–water partition coefficient (Wildman–Crippen LogP) is 7.44. The molecule has 0 amide bonds. The van der Waals surface area contributed by atoms with Gasteiger partial charge in [0, 0.05) is 11.1 Å². The molecule has 160 valence electrons. The molecule has 0 atom stereocenters. The Morgan fingerprint density at radius 3 is 2.31 bits per heavy atom. The third kappa shape index (κ3) is 3.32. The summed E-state index contributed by atoms with van der Waals surface area (Å²) >= 11 is 0. The molecule has 32 heavy (non-hydrogen) atoms. The molecule has 0 aliphatic rings. The molecule has 2 heterocycles. The van der Waals surface area contributed by atoms with Crippen molar-refractivity contribution in [1.29, 1.82) is 0 Å². The average Bonchev–Trinajstić information content (AvgIpc) is 3.18. The van der Waals surface area contributed by atoms with Gasteiger partial charge in [-0.3, -0.25) is 0 Å². The lowest BCUT2D eigenvalue weighted by molar-refractivity contribution is 0.153. The first kappa shape index (κ1) is 20.2. The molecule has 0 radical (unpaired) electrons. The van der Waals surface area contributed by atoms with Crippen molar-refractivity contribution in [1.82, 2.24) is 14.8 Å². The van der Waals surface area contributed by atoms with Crippen molar-refractivity contribution in [3.63, 3.8) is 0 Å². The van der Waals surface area contributed by atoms with E-state index in [9.17, 15) is 13.2 Å². The van der Waals surface area contributed by atoms with Crippen LogP contribution in [0, 0.1) is 5.82 Å². The molecule has 0 spiro atoms. The van der Waals surface area contributed by atoms with Gasteiger partial charge < -0.3 is 0 Å². The molecule has 0 aliphatic heterocycles. The van der Waals surface area contributed by atoms with Gasteiger partial charge in [0.1, 0.15) is 5.82 Å². The summed E-state index contributed by atoms with van der Waals surface area (Å²) in [5.41, 5.74) is 2.55. The number of benzene rings is 3. The molecule has 0 fully saturated rings. The van der Waals surface area contributed by atoms with Crippen LogP contribution in [0.4, 0.5) is 13.2 Å². The lowest BCUT2D eigenvalue weighted by Gasteiger charge is -2.11. The Morgan fingerprint density at radius 2 is 1.59 bits per heavy atom. The van der Waals surface area contributed by atoms with E-state index in [1.165, 1.54) is 22.9 Å². The topological polar surface area (TPSA) is 30.7 Å². The van der Waals surface area contributed by atoms with Crippen LogP contribution in [-0.2, 0) is 0 Å². The minimum atomic E-state index is -2.70. The second-order valence-electron chi connectivity index (χ2n) is 8.05. The van der Waals surface area contributed by atoms with Gasteiger partial charge in [0.2, 0.25) is 0 Å². The second-order valence-corrected chi connectivity index (χ2v) is 8.05. The van der Waals surface area contributed by atoms with E-state index in [2.05, 4.69) is 5.10 Å². The molecule has 3 aromatic carbocycles. The summed E-state index contributed by atoms with van der Waals surface area (Å²) in [4.78, 5) is 4.81. The summed E-state index contributed by atoms with van der Waals surface area (Å²) in [6.45, 7) is 3.81. The van der Waals surface area contributed by atoms with E-state index in [-0.39, 0.29) is 17.3 Å². The minimum Gasteiger partial charge on any atom is -0.228 e. The maximum atomic E-state index is 14.3. The van der Waals surface area contributed by atoms with Crippen molar-refractivity contribution in [3.05, 3.63) is 89.9 Å². The zero-order chi connectivity index (χ0) is 22.4. The minimum absolute atomic E-state index is 0.0955. The molecular formula is C26H20F3N3. The van der Waals surface area contributed by atoms with E-state index in [1.54, 1.807) is 12.1 Å². The Bertz CT molecular complexity index is 1430. The summed E-state index contributed by atoms with van der Waals surface area (Å²) in [6, 6.07) is 20.8. The van der Waals surface area contributed by atoms with E-state index >= 15 is 0 Å². The smallest absolute Gasteiger partial charge is 0.228 e. The van der Waals surface area contributed by atoms with Gasteiger partial charge in [-0.15, -0.1) is 0 Å². The zero-order valence-electron chi connectivity index (χ0n) is 17.6. The monoisotopic (exact) mass is 431 g/mol. The fraction of sp³-hybridized carbons (Fsp3) is 0.154. The van der Waals surface area contributed by atoms with Crippen molar-refractivity contribution >= 4 is 21.8 Å². The van der Waals surface area contributed by atoms with E-state index in [0.717, 1.165) is 16.3 Å². The molecule has 0 bridgehead atoms. The highest BCUT2D eigenvalue weighted by Gasteiger charge is 2.25. The molecule has 0 saturated heterocycles. The van der Waals surface area contributed by atoms with Crippen LogP contribution in [0.5, 0.6) is 0 Å². The maximum absolute atomic E-state index is 14.3. The number of alkyl halides is 2. The predicted molar refractivity (Wildman–Crippen MR) is 121 cm³/mol. The second kappa shape index (κ2) is 7.79. The highest BCUT2D eigenvalue weighted by Crippen LogP contribution is 2.38. The molecule has 5 aromatic rings. The van der Waals surface area contributed by atoms with Crippen molar-refractivity contribution in [2.24, 2.45) is 0 Å². The molecule has 0 unspecified atom stereocenters. The molecule has 0 aliphatic carbocycles. The molecular weight excluding hydrogens is 411 g/mol. The van der Waals surface area contributed by atoms with Gasteiger partial charge in [0.25, 0.3) is 6.43 Å². The van der Waals surface area contributed by atoms with E-state index in [4.69, 9.17) is 4.98 Å². The number of pyridine rings is 1. The van der Waals surface area contributed by atoms with Gasteiger partial charge in [-0.2, -0.15) is 5.10 Å². The van der Waals surface area contributed by atoms with Crippen molar-refractivity contribution in [2.45, 2.75) is 26.2 Å². The Morgan fingerprint density at radius 1 is 0.875 bits per heavy atom. The number of nitrogens with zero attached hydrogens (tertiary/aromatic N) is 3. The first-order chi connectivity index (χ1) is 15.4. The number of hydrogen-bond acceptors (Lipinski definition) is 2. The van der Waals surface area contributed by atoms with Gasteiger partial charge in [0.05, 0.1) is 22.5 Å². The van der Waals surface area contributed by atoms with Crippen LogP contribution < -0.4 is 0 Å². The number of hydrogen-bond donors (Lipinski definition) is 0. The summed E-state index contributed by atoms with van der Waals surface area (Å²) in [5.74, 6) is -0.478. The van der Waals surface area contributed by atoms with Gasteiger partial charge in [-0.05, 0) is 47.0 Å². The van der Waals surface area contributed by atoms with Gasteiger partial charge in [-0.1, -0.05) is 56.3 Å². The number of rotatable bonds is 4.